The molecular weight excluding hydrogens is 176 g/mol. The summed E-state index contributed by atoms with van der Waals surface area (Å²) in [6.07, 6.45) is 0. The maximum absolute atomic E-state index is 9.00. The molecule has 0 unspecified atom stereocenters. The third-order valence-electron chi connectivity index (χ3n) is 1.73. The molecule has 0 heterocycles. The molecule has 0 aromatic heterocycles. The van der Waals surface area contributed by atoms with Crippen LogP contribution in [0.25, 0.3) is 0 Å². The molecule has 1 aromatic carbocycles. The molecule has 0 amide bonds. The maximum Gasteiger partial charge on any atom is 0.120 e. The van der Waals surface area contributed by atoms with Crippen LogP contribution in [0.2, 0.25) is 0 Å². The fourth-order valence-electron chi connectivity index (χ4n) is 0.987. The average Bonchev–Trinajstić information content (AvgIpc) is 2.14. The van der Waals surface area contributed by atoms with Crippen LogP contribution in [0, 0.1) is 0 Å². The number of hydrogen-bond donors (Lipinski definition) is 2. The van der Waals surface area contributed by atoms with Gasteiger partial charge in [-0.2, -0.15) is 0 Å². The van der Waals surface area contributed by atoms with E-state index in [1.165, 1.54) is 0 Å². The van der Waals surface area contributed by atoms with Gasteiger partial charge in [-0.3, -0.25) is 0 Å². The number of aliphatic hydroxyl groups is 1. The van der Waals surface area contributed by atoms with Crippen LogP contribution in [0.5, 0.6) is 5.75 Å². The Bertz CT molecular complexity index is 282. The molecule has 0 aliphatic heterocycles. The van der Waals surface area contributed by atoms with E-state index < -0.39 is 5.52 Å². The SMILES string of the molecule is [B]C([B])(O)NCc1ccc(OC)cc1. The molecule has 0 saturated carbocycles. The van der Waals surface area contributed by atoms with E-state index in [0.29, 0.717) is 6.54 Å². The largest absolute Gasteiger partial charge is 0.497 e. The summed E-state index contributed by atoms with van der Waals surface area (Å²) in [6, 6.07) is 7.36. The lowest BCUT2D eigenvalue weighted by atomic mass is 9.73. The Hall–Kier alpha value is -0.930. The summed E-state index contributed by atoms with van der Waals surface area (Å²) >= 11 is 0. The van der Waals surface area contributed by atoms with Crippen molar-refractivity contribution in [3.63, 3.8) is 0 Å². The van der Waals surface area contributed by atoms with Gasteiger partial charge in [0.15, 0.2) is 0 Å². The van der Waals surface area contributed by atoms with Crippen LogP contribution in [0.3, 0.4) is 0 Å². The zero-order valence-corrected chi connectivity index (χ0v) is 8.03. The van der Waals surface area contributed by atoms with Gasteiger partial charge in [0.05, 0.1) is 7.11 Å². The number of ether oxygens (including phenoxy) is 1. The van der Waals surface area contributed by atoms with E-state index >= 15 is 0 Å². The third-order valence-corrected chi connectivity index (χ3v) is 1.73. The predicted molar refractivity (Wildman–Crippen MR) is 56.3 cm³/mol. The Kier molecular flexibility index (Phi) is 3.61. The van der Waals surface area contributed by atoms with Crippen molar-refractivity contribution < 1.29 is 9.84 Å². The molecule has 0 atom stereocenters. The summed E-state index contributed by atoms with van der Waals surface area (Å²) in [6.45, 7) is 0.396. The summed E-state index contributed by atoms with van der Waals surface area (Å²) in [4.78, 5) is 0. The van der Waals surface area contributed by atoms with Crippen LogP contribution in [-0.4, -0.2) is 33.4 Å². The lowest BCUT2D eigenvalue weighted by Crippen LogP contribution is -2.45. The van der Waals surface area contributed by atoms with Gasteiger partial charge in [-0.15, -0.1) is 0 Å². The minimum absolute atomic E-state index is 0.396. The summed E-state index contributed by atoms with van der Waals surface area (Å²) in [5.74, 6) is 0.782. The normalized spacial score (nSPS) is 11.3. The van der Waals surface area contributed by atoms with Crippen LogP contribution in [0.15, 0.2) is 24.3 Å². The Balaban J connectivity index is 2.52. The second kappa shape index (κ2) is 4.53. The number of rotatable bonds is 4. The Morgan fingerprint density at radius 1 is 1.36 bits per heavy atom. The van der Waals surface area contributed by atoms with Gasteiger partial charge in [-0.1, -0.05) is 12.1 Å². The van der Waals surface area contributed by atoms with Gasteiger partial charge in [0.2, 0.25) is 0 Å². The van der Waals surface area contributed by atoms with Gasteiger partial charge >= 0.3 is 0 Å². The smallest absolute Gasteiger partial charge is 0.120 e. The fraction of sp³-hybridized carbons (Fsp3) is 0.333. The van der Waals surface area contributed by atoms with Gasteiger partial charge in [0.1, 0.15) is 21.4 Å². The number of benzene rings is 1. The molecular formula is C9H11B2NO2. The van der Waals surface area contributed by atoms with Gasteiger partial charge in [-0.05, 0) is 17.7 Å². The van der Waals surface area contributed by atoms with E-state index in [9.17, 15) is 0 Å². The van der Waals surface area contributed by atoms with Gasteiger partial charge < -0.3 is 15.2 Å². The lowest BCUT2D eigenvalue weighted by molar-refractivity contribution is 0.172. The van der Waals surface area contributed by atoms with E-state index in [0.717, 1.165) is 11.3 Å². The molecule has 14 heavy (non-hydrogen) atoms. The van der Waals surface area contributed by atoms with Crippen molar-refractivity contribution in [1.29, 1.82) is 0 Å². The molecule has 5 heteroatoms. The summed E-state index contributed by atoms with van der Waals surface area (Å²) in [5.41, 5.74) is -0.875. The topological polar surface area (TPSA) is 41.5 Å². The maximum atomic E-state index is 9.00. The highest BCUT2D eigenvalue weighted by molar-refractivity contribution is 6.38. The highest BCUT2D eigenvalue weighted by Gasteiger charge is 2.09. The third kappa shape index (κ3) is 3.85. The van der Waals surface area contributed by atoms with Crippen molar-refractivity contribution in [2.24, 2.45) is 0 Å². The standard InChI is InChI=1S/C9H11B2NO2/c1-14-8-4-2-7(3-5-8)6-12-9(10,11)13/h2-5,12-13H,6H2,1H3. The first-order chi connectivity index (χ1) is 6.51. The molecule has 1 rings (SSSR count). The summed E-state index contributed by atoms with van der Waals surface area (Å²) in [7, 11) is 11.9. The number of nitrogens with one attached hydrogen (secondary N) is 1. The van der Waals surface area contributed by atoms with Crippen LogP contribution in [-0.2, 0) is 6.54 Å². The lowest BCUT2D eigenvalue weighted by Gasteiger charge is -2.20. The molecule has 0 aliphatic rings. The minimum atomic E-state index is -1.83. The summed E-state index contributed by atoms with van der Waals surface area (Å²) in [5, 5.41) is 11.5. The van der Waals surface area contributed by atoms with E-state index in [1.54, 1.807) is 7.11 Å². The van der Waals surface area contributed by atoms with E-state index in [-0.39, 0.29) is 0 Å². The average molecular weight is 187 g/mol. The molecule has 0 bridgehead atoms. The Morgan fingerprint density at radius 3 is 2.36 bits per heavy atom. The predicted octanol–water partition coefficient (Wildman–Crippen LogP) is -0.275. The Labute approximate surface area is 86.3 Å². The summed E-state index contributed by atoms with van der Waals surface area (Å²) < 4.78 is 5.00. The van der Waals surface area contributed by atoms with Crippen LogP contribution in [0.1, 0.15) is 5.56 Å². The van der Waals surface area contributed by atoms with E-state index in [2.05, 4.69) is 5.32 Å². The van der Waals surface area contributed by atoms with Crippen LogP contribution in [0.4, 0.5) is 0 Å². The van der Waals surface area contributed by atoms with Crippen molar-refractivity contribution in [2.45, 2.75) is 12.1 Å². The molecule has 0 spiro atoms. The quantitative estimate of drug-likeness (QED) is 0.503. The molecule has 0 aliphatic carbocycles. The molecule has 0 fully saturated rings. The minimum Gasteiger partial charge on any atom is -0.497 e. The van der Waals surface area contributed by atoms with Gasteiger partial charge in [-0.25, -0.2) is 0 Å². The zero-order valence-electron chi connectivity index (χ0n) is 8.03. The zero-order chi connectivity index (χ0) is 10.6. The molecule has 3 nitrogen and oxygen atoms in total. The van der Waals surface area contributed by atoms with E-state index in [4.69, 9.17) is 25.5 Å². The first kappa shape index (κ1) is 11.1. The fourth-order valence-corrected chi connectivity index (χ4v) is 0.987. The highest BCUT2D eigenvalue weighted by atomic mass is 16.5. The van der Waals surface area contributed by atoms with Crippen LogP contribution < -0.4 is 10.1 Å². The first-order valence-corrected chi connectivity index (χ1v) is 4.19. The van der Waals surface area contributed by atoms with Crippen molar-refractivity contribution >= 4 is 15.7 Å². The van der Waals surface area contributed by atoms with Crippen molar-refractivity contribution in [3.8, 4) is 5.75 Å². The number of methoxy groups -OCH3 is 1. The number of hydrogen-bond acceptors (Lipinski definition) is 3. The molecule has 1 aromatic rings. The highest BCUT2D eigenvalue weighted by Crippen LogP contribution is 2.11. The second-order valence-corrected chi connectivity index (χ2v) is 3.03. The molecule has 70 valence electrons. The monoisotopic (exact) mass is 187 g/mol. The molecule has 0 saturated heterocycles. The van der Waals surface area contributed by atoms with Crippen molar-refractivity contribution in [3.05, 3.63) is 29.8 Å². The molecule has 2 N–H and O–H groups in total. The van der Waals surface area contributed by atoms with Crippen molar-refractivity contribution in [1.82, 2.24) is 5.32 Å². The van der Waals surface area contributed by atoms with Gasteiger partial charge in [0.25, 0.3) is 0 Å². The van der Waals surface area contributed by atoms with Gasteiger partial charge in [0, 0.05) is 12.1 Å². The Morgan fingerprint density at radius 2 is 1.93 bits per heavy atom. The molecule has 4 radical (unpaired) electrons. The van der Waals surface area contributed by atoms with Crippen molar-refractivity contribution in [2.75, 3.05) is 7.11 Å². The first-order valence-electron chi connectivity index (χ1n) is 4.19. The second-order valence-electron chi connectivity index (χ2n) is 3.03. The van der Waals surface area contributed by atoms with Crippen LogP contribution >= 0.6 is 0 Å². The van der Waals surface area contributed by atoms with E-state index in [1.807, 2.05) is 24.3 Å².